The Hall–Kier alpha value is -3.74. The predicted octanol–water partition coefficient (Wildman–Crippen LogP) is 2.84. The van der Waals surface area contributed by atoms with Crippen molar-refractivity contribution >= 4 is 29.5 Å². The van der Waals surface area contributed by atoms with Gasteiger partial charge in [-0.3, -0.25) is 19.4 Å². The van der Waals surface area contributed by atoms with Crippen LogP contribution in [0.1, 0.15) is 27.9 Å². The van der Waals surface area contributed by atoms with Gasteiger partial charge in [0.25, 0.3) is 11.8 Å². The Morgan fingerprint density at radius 1 is 1.07 bits per heavy atom. The van der Waals surface area contributed by atoms with E-state index in [9.17, 15) is 14.4 Å². The van der Waals surface area contributed by atoms with Gasteiger partial charge < -0.3 is 15.4 Å². The standard InChI is InChI=1S/C23H23N3O4/c1-14-12-16(6-9-20(14)30-3)19(27)13-15-4-7-17(8-5-15)26-22(28)18-10-11-25-21(18)23(29)24-2/h4-9,11-12H,10,13H2,1-3H3,(H,24,29)(H,26,28). The largest absolute Gasteiger partial charge is 0.496 e. The van der Waals surface area contributed by atoms with Crippen molar-refractivity contribution in [3.63, 3.8) is 0 Å². The minimum absolute atomic E-state index is 0.000943. The van der Waals surface area contributed by atoms with E-state index in [1.807, 2.05) is 13.0 Å². The molecule has 1 heterocycles. The van der Waals surface area contributed by atoms with E-state index in [4.69, 9.17) is 4.74 Å². The van der Waals surface area contributed by atoms with Crippen molar-refractivity contribution in [2.45, 2.75) is 19.8 Å². The Bertz CT molecular complexity index is 1050. The number of ketones is 1. The number of aliphatic imine (C=N–C) groups is 1. The van der Waals surface area contributed by atoms with Crippen molar-refractivity contribution in [1.82, 2.24) is 5.32 Å². The van der Waals surface area contributed by atoms with Crippen LogP contribution in [0.15, 0.2) is 58.7 Å². The third-order valence-electron chi connectivity index (χ3n) is 4.81. The average molecular weight is 405 g/mol. The van der Waals surface area contributed by atoms with Crippen LogP contribution >= 0.6 is 0 Å². The van der Waals surface area contributed by atoms with E-state index < -0.39 is 5.91 Å². The molecule has 0 unspecified atom stereocenters. The van der Waals surface area contributed by atoms with E-state index in [0.717, 1.165) is 16.9 Å². The van der Waals surface area contributed by atoms with Crippen LogP contribution < -0.4 is 15.4 Å². The van der Waals surface area contributed by atoms with Crippen molar-refractivity contribution in [2.75, 3.05) is 19.5 Å². The van der Waals surface area contributed by atoms with Crippen LogP contribution in [0.25, 0.3) is 0 Å². The van der Waals surface area contributed by atoms with Gasteiger partial charge in [0, 0.05) is 37.4 Å². The normalized spacial score (nSPS) is 12.6. The lowest BCUT2D eigenvalue weighted by Crippen LogP contribution is -2.23. The number of nitrogens with zero attached hydrogens (tertiary/aromatic N) is 1. The summed E-state index contributed by atoms with van der Waals surface area (Å²) in [6.07, 6.45) is 2.09. The molecule has 7 heteroatoms. The highest BCUT2D eigenvalue weighted by Crippen LogP contribution is 2.21. The maximum absolute atomic E-state index is 12.6. The van der Waals surface area contributed by atoms with Crippen LogP contribution in [0.3, 0.4) is 0 Å². The monoisotopic (exact) mass is 405 g/mol. The highest BCUT2D eigenvalue weighted by molar-refractivity contribution is 6.13. The highest BCUT2D eigenvalue weighted by Gasteiger charge is 2.23. The maximum atomic E-state index is 12.6. The number of Topliss-reactive ketones (excluding diaryl/α,β-unsaturated/α-hetero) is 1. The summed E-state index contributed by atoms with van der Waals surface area (Å²) in [5.41, 5.74) is 3.40. The summed E-state index contributed by atoms with van der Waals surface area (Å²) in [6, 6.07) is 12.4. The fourth-order valence-electron chi connectivity index (χ4n) is 3.17. The first-order chi connectivity index (χ1) is 14.4. The Balaban J connectivity index is 1.65. The molecule has 0 atom stereocenters. The summed E-state index contributed by atoms with van der Waals surface area (Å²) < 4.78 is 5.23. The second kappa shape index (κ2) is 9.17. The van der Waals surface area contributed by atoms with E-state index in [-0.39, 0.29) is 23.8 Å². The Kier molecular flexibility index (Phi) is 6.41. The molecule has 1 aliphatic rings. The van der Waals surface area contributed by atoms with Gasteiger partial charge in [-0.15, -0.1) is 0 Å². The molecule has 30 heavy (non-hydrogen) atoms. The summed E-state index contributed by atoms with van der Waals surface area (Å²) in [5.74, 6) is -0.0184. The minimum atomic E-state index is -0.392. The lowest BCUT2D eigenvalue weighted by molar-refractivity contribution is -0.118. The van der Waals surface area contributed by atoms with Gasteiger partial charge in [0.1, 0.15) is 11.4 Å². The average Bonchev–Trinajstić information content (AvgIpc) is 3.24. The lowest BCUT2D eigenvalue weighted by atomic mass is 10.0. The predicted molar refractivity (Wildman–Crippen MR) is 115 cm³/mol. The van der Waals surface area contributed by atoms with Crippen LogP contribution in [0.5, 0.6) is 5.75 Å². The second-order valence-electron chi connectivity index (χ2n) is 6.86. The molecular weight excluding hydrogens is 382 g/mol. The number of likely N-dealkylation sites (N-methyl/N-ethyl adjacent to an activating group) is 1. The number of rotatable bonds is 7. The SMILES string of the molecule is CNC(=O)C1=C(C(=O)Nc2ccc(CC(=O)c3ccc(OC)c(C)c3)cc2)CC=N1. The van der Waals surface area contributed by atoms with Crippen molar-refractivity contribution in [1.29, 1.82) is 0 Å². The quantitative estimate of drug-likeness (QED) is 0.692. The summed E-state index contributed by atoms with van der Waals surface area (Å²) in [4.78, 5) is 40.8. The zero-order valence-electron chi connectivity index (χ0n) is 17.1. The number of amides is 2. The molecule has 0 aromatic heterocycles. The van der Waals surface area contributed by atoms with E-state index in [1.54, 1.807) is 43.5 Å². The number of carbonyl (C=O) groups excluding carboxylic acids is 3. The molecule has 154 valence electrons. The van der Waals surface area contributed by atoms with Gasteiger partial charge in [0.2, 0.25) is 0 Å². The Morgan fingerprint density at radius 2 is 1.80 bits per heavy atom. The molecule has 3 rings (SSSR count). The number of carbonyl (C=O) groups is 3. The Morgan fingerprint density at radius 3 is 2.43 bits per heavy atom. The number of ether oxygens (including phenoxy) is 1. The molecule has 2 aromatic rings. The third-order valence-corrected chi connectivity index (χ3v) is 4.81. The molecule has 0 saturated carbocycles. The van der Waals surface area contributed by atoms with Crippen molar-refractivity contribution < 1.29 is 19.1 Å². The summed E-state index contributed by atoms with van der Waals surface area (Å²) >= 11 is 0. The maximum Gasteiger partial charge on any atom is 0.270 e. The fraction of sp³-hybridized carbons (Fsp3) is 0.217. The molecule has 0 saturated heterocycles. The van der Waals surface area contributed by atoms with Gasteiger partial charge in [0.15, 0.2) is 5.78 Å². The second-order valence-corrected chi connectivity index (χ2v) is 6.86. The number of aryl methyl sites for hydroxylation is 1. The first-order valence-corrected chi connectivity index (χ1v) is 9.48. The number of nitrogens with one attached hydrogen (secondary N) is 2. The topological polar surface area (TPSA) is 96.9 Å². The van der Waals surface area contributed by atoms with Crippen molar-refractivity contribution in [2.24, 2.45) is 4.99 Å². The van der Waals surface area contributed by atoms with Gasteiger partial charge in [-0.05, 0) is 48.4 Å². The summed E-state index contributed by atoms with van der Waals surface area (Å²) in [5, 5.41) is 5.24. The number of hydrogen-bond donors (Lipinski definition) is 2. The van der Waals surface area contributed by atoms with Gasteiger partial charge in [-0.1, -0.05) is 12.1 Å². The summed E-state index contributed by atoms with van der Waals surface area (Å²) in [6.45, 7) is 1.90. The molecule has 0 spiro atoms. The highest BCUT2D eigenvalue weighted by atomic mass is 16.5. The van der Waals surface area contributed by atoms with E-state index in [1.165, 1.54) is 13.3 Å². The van der Waals surface area contributed by atoms with Crippen LogP contribution in [-0.2, 0) is 16.0 Å². The molecule has 7 nitrogen and oxygen atoms in total. The van der Waals surface area contributed by atoms with Crippen molar-refractivity contribution in [3.8, 4) is 5.75 Å². The van der Waals surface area contributed by atoms with E-state index in [2.05, 4.69) is 15.6 Å². The van der Waals surface area contributed by atoms with Gasteiger partial charge in [-0.25, -0.2) is 0 Å². The summed E-state index contributed by atoms with van der Waals surface area (Å²) in [7, 11) is 3.09. The lowest BCUT2D eigenvalue weighted by Gasteiger charge is -2.09. The number of anilines is 1. The smallest absolute Gasteiger partial charge is 0.270 e. The number of hydrogen-bond acceptors (Lipinski definition) is 5. The molecule has 2 amide bonds. The van der Waals surface area contributed by atoms with Crippen LogP contribution in [-0.4, -0.2) is 38.0 Å². The van der Waals surface area contributed by atoms with E-state index >= 15 is 0 Å². The van der Waals surface area contributed by atoms with Crippen molar-refractivity contribution in [3.05, 3.63) is 70.4 Å². The van der Waals surface area contributed by atoms with Crippen LogP contribution in [0.4, 0.5) is 5.69 Å². The first kappa shape index (κ1) is 21.0. The molecule has 2 aromatic carbocycles. The van der Waals surface area contributed by atoms with Crippen LogP contribution in [0.2, 0.25) is 0 Å². The van der Waals surface area contributed by atoms with Gasteiger partial charge in [-0.2, -0.15) is 0 Å². The van der Waals surface area contributed by atoms with E-state index in [0.29, 0.717) is 23.2 Å². The molecule has 1 aliphatic heterocycles. The molecule has 0 bridgehead atoms. The number of methoxy groups -OCH3 is 1. The third kappa shape index (κ3) is 4.63. The van der Waals surface area contributed by atoms with Crippen LogP contribution in [0, 0.1) is 6.92 Å². The number of benzene rings is 2. The molecule has 0 radical (unpaired) electrons. The zero-order valence-corrected chi connectivity index (χ0v) is 17.1. The fourth-order valence-corrected chi connectivity index (χ4v) is 3.17. The molecule has 0 aliphatic carbocycles. The van der Waals surface area contributed by atoms with Gasteiger partial charge in [0.05, 0.1) is 12.7 Å². The van der Waals surface area contributed by atoms with Gasteiger partial charge >= 0.3 is 0 Å². The molecular formula is C23H23N3O4. The molecule has 2 N–H and O–H groups in total. The Labute approximate surface area is 174 Å². The zero-order chi connectivity index (χ0) is 21.7. The first-order valence-electron chi connectivity index (χ1n) is 9.48. The molecule has 0 fully saturated rings. The minimum Gasteiger partial charge on any atom is -0.496 e.